The van der Waals surface area contributed by atoms with E-state index in [1.807, 2.05) is 0 Å². The van der Waals surface area contributed by atoms with Crippen LogP contribution in [0, 0.1) is 17.3 Å². The first kappa shape index (κ1) is 21.2. The average molecular weight is 414 g/mol. The summed E-state index contributed by atoms with van der Waals surface area (Å²) < 4.78 is 28.9. The van der Waals surface area contributed by atoms with Crippen LogP contribution in [0.2, 0.25) is 0 Å². The molecule has 0 radical (unpaired) electrons. The lowest BCUT2D eigenvalue weighted by Gasteiger charge is -2.36. The summed E-state index contributed by atoms with van der Waals surface area (Å²) in [7, 11) is 0. The number of carbonyl (C=O) groups is 4. The van der Waals surface area contributed by atoms with Crippen LogP contribution < -0.4 is 0 Å². The zero-order valence-corrected chi connectivity index (χ0v) is 16.2. The molecular weight excluding hydrogens is 388 g/mol. The fraction of sp³-hybridized carbons (Fsp3) is 0.789. The van der Waals surface area contributed by atoms with Crippen molar-refractivity contribution in [3.63, 3.8) is 0 Å². The molecule has 2 unspecified atom stereocenters. The summed E-state index contributed by atoms with van der Waals surface area (Å²) in [5, 5.41) is 0. The van der Waals surface area contributed by atoms with Gasteiger partial charge in [0.25, 0.3) is 0 Å². The first-order chi connectivity index (χ1) is 14.0. The highest BCUT2D eigenvalue weighted by Gasteiger charge is 2.43. The van der Waals surface area contributed by atoms with Gasteiger partial charge in [0.2, 0.25) is 0 Å². The van der Waals surface area contributed by atoms with E-state index in [1.54, 1.807) is 0 Å². The quantitative estimate of drug-likeness (QED) is 0.465. The molecule has 2 atom stereocenters. The van der Waals surface area contributed by atoms with Gasteiger partial charge < -0.3 is 28.4 Å². The van der Waals surface area contributed by atoms with Crippen LogP contribution in [0.4, 0.5) is 9.59 Å². The van der Waals surface area contributed by atoms with Crippen molar-refractivity contribution < 1.29 is 47.6 Å². The number of hydrogen-bond acceptors (Lipinski definition) is 10. The molecule has 0 saturated carbocycles. The smallest absolute Gasteiger partial charge is 0.466 e. The molecule has 4 saturated heterocycles. The molecule has 4 fully saturated rings. The topological polar surface area (TPSA) is 124 Å². The van der Waals surface area contributed by atoms with E-state index in [0.717, 1.165) is 25.7 Å². The van der Waals surface area contributed by atoms with Gasteiger partial charge in [-0.05, 0) is 37.5 Å². The Kier molecular flexibility index (Phi) is 7.16. The highest BCUT2D eigenvalue weighted by Crippen LogP contribution is 2.30. The molecular formula is C19H26O10. The van der Waals surface area contributed by atoms with Gasteiger partial charge in [0.1, 0.15) is 31.8 Å². The van der Waals surface area contributed by atoms with Crippen LogP contribution in [0.1, 0.15) is 38.5 Å². The second-order valence-corrected chi connectivity index (χ2v) is 7.80. The fourth-order valence-electron chi connectivity index (χ4n) is 3.73. The van der Waals surface area contributed by atoms with Crippen LogP contribution in [-0.4, -0.2) is 63.9 Å². The molecule has 0 N–H and O–H groups in total. The molecule has 4 heterocycles. The van der Waals surface area contributed by atoms with Gasteiger partial charge in [-0.1, -0.05) is 0 Å². The van der Waals surface area contributed by atoms with E-state index in [1.165, 1.54) is 0 Å². The lowest BCUT2D eigenvalue weighted by atomic mass is 9.84. The summed E-state index contributed by atoms with van der Waals surface area (Å²) in [6.45, 7) is 1.71. The minimum absolute atomic E-state index is 0.0801. The Morgan fingerprint density at radius 1 is 0.621 bits per heavy atom. The molecule has 10 heteroatoms. The number of carbonyl (C=O) groups excluding carboxylic acids is 4. The molecule has 4 aliphatic heterocycles. The lowest BCUT2D eigenvalue weighted by Crippen LogP contribution is -2.49. The Bertz CT molecular complexity index is 553. The molecule has 0 aromatic carbocycles. The highest BCUT2D eigenvalue weighted by atomic mass is 16.8. The van der Waals surface area contributed by atoms with Crippen LogP contribution >= 0.6 is 0 Å². The van der Waals surface area contributed by atoms with Gasteiger partial charge in [-0.25, -0.2) is 9.59 Å². The zero-order chi connectivity index (χ0) is 20.7. The predicted octanol–water partition coefficient (Wildman–Crippen LogP) is 1.98. The van der Waals surface area contributed by atoms with Crippen LogP contribution in [0.3, 0.4) is 0 Å². The maximum atomic E-state index is 11.1. The predicted molar refractivity (Wildman–Crippen MR) is 93.6 cm³/mol. The summed E-state index contributed by atoms with van der Waals surface area (Å²) >= 11 is 0. The van der Waals surface area contributed by atoms with Gasteiger partial charge in [-0.2, -0.15) is 0 Å². The van der Waals surface area contributed by atoms with Crippen molar-refractivity contribution >= 4 is 24.2 Å². The summed E-state index contributed by atoms with van der Waals surface area (Å²) in [6, 6.07) is 0. The van der Waals surface area contributed by atoms with Gasteiger partial charge in [0, 0.05) is 12.8 Å². The standard InChI is InChI=1S/C12H18O4.C7H8O6/c13-11-3-1-2-10(8-16-11)9-4-5-12(14)15-7-6-9;8-5-10-1-7(2-11-5)3-12-6(9)13-4-7/h9-10H,1-8H2;1-4H2. The summed E-state index contributed by atoms with van der Waals surface area (Å²) in [4.78, 5) is 43.4. The molecule has 0 bridgehead atoms. The van der Waals surface area contributed by atoms with Crippen LogP contribution in [-0.2, 0) is 38.0 Å². The molecule has 4 rings (SSSR count). The van der Waals surface area contributed by atoms with Crippen LogP contribution in [0.25, 0.3) is 0 Å². The summed E-state index contributed by atoms with van der Waals surface area (Å²) in [5.74, 6) is 0.717. The third-order valence-electron chi connectivity index (χ3n) is 5.54. The zero-order valence-electron chi connectivity index (χ0n) is 16.2. The largest absolute Gasteiger partial charge is 0.508 e. The van der Waals surface area contributed by atoms with E-state index in [2.05, 4.69) is 18.9 Å². The SMILES string of the molecule is O=C1CCC(C2CCCC(=O)OC2)CCO1.O=C1OCC2(CO1)COC(=O)OC2. The van der Waals surface area contributed by atoms with Crippen molar-refractivity contribution in [1.29, 1.82) is 0 Å². The van der Waals surface area contributed by atoms with Gasteiger partial charge in [0.15, 0.2) is 0 Å². The van der Waals surface area contributed by atoms with Crippen molar-refractivity contribution in [2.45, 2.75) is 38.5 Å². The second kappa shape index (κ2) is 9.80. The minimum Gasteiger partial charge on any atom is -0.466 e. The number of esters is 2. The normalized spacial score (nSPS) is 29.2. The van der Waals surface area contributed by atoms with Crippen molar-refractivity contribution in [3.8, 4) is 0 Å². The molecule has 0 aromatic heterocycles. The highest BCUT2D eigenvalue weighted by molar-refractivity contribution is 5.70. The third kappa shape index (κ3) is 6.23. The molecule has 0 aromatic rings. The molecule has 0 aliphatic carbocycles. The van der Waals surface area contributed by atoms with Crippen molar-refractivity contribution in [3.05, 3.63) is 0 Å². The second-order valence-electron chi connectivity index (χ2n) is 7.80. The summed E-state index contributed by atoms with van der Waals surface area (Å²) in [6.07, 6.45) is 3.40. The van der Waals surface area contributed by atoms with Crippen molar-refractivity contribution in [1.82, 2.24) is 0 Å². The first-order valence-electron chi connectivity index (χ1n) is 9.86. The van der Waals surface area contributed by atoms with Gasteiger partial charge in [-0.15, -0.1) is 0 Å². The number of rotatable bonds is 1. The maximum Gasteiger partial charge on any atom is 0.508 e. The molecule has 162 valence electrons. The third-order valence-corrected chi connectivity index (χ3v) is 5.54. The average Bonchev–Trinajstić information content (AvgIpc) is 3.07. The number of hydrogen-bond donors (Lipinski definition) is 0. The Labute approximate surface area is 168 Å². The Balaban J connectivity index is 0.000000169. The number of cyclic esters (lactones) is 6. The Morgan fingerprint density at radius 2 is 1.21 bits per heavy atom. The molecule has 4 aliphatic rings. The van der Waals surface area contributed by atoms with Gasteiger partial charge in [-0.3, -0.25) is 9.59 Å². The molecule has 0 amide bonds. The Hall–Kier alpha value is -2.52. The lowest BCUT2D eigenvalue weighted by molar-refractivity contribution is -0.144. The molecule has 29 heavy (non-hydrogen) atoms. The first-order valence-corrected chi connectivity index (χ1v) is 9.86. The van der Waals surface area contributed by atoms with E-state index in [0.29, 0.717) is 37.9 Å². The van der Waals surface area contributed by atoms with E-state index >= 15 is 0 Å². The number of ether oxygens (including phenoxy) is 6. The van der Waals surface area contributed by atoms with Crippen molar-refractivity contribution in [2.24, 2.45) is 17.3 Å². The van der Waals surface area contributed by atoms with Gasteiger partial charge >= 0.3 is 24.2 Å². The maximum absolute atomic E-state index is 11.1. The van der Waals surface area contributed by atoms with Crippen molar-refractivity contribution in [2.75, 3.05) is 39.6 Å². The minimum atomic E-state index is -0.692. The van der Waals surface area contributed by atoms with Crippen LogP contribution in [0.15, 0.2) is 0 Å². The molecule has 10 nitrogen and oxygen atoms in total. The van der Waals surface area contributed by atoms with E-state index < -0.39 is 17.7 Å². The van der Waals surface area contributed by atoms with Crippen LogP contribution in [0.5, 0.6) is 0 Å². The Morgan fingerprint density at radius 3 is 1.83 bits per heavy atom. The van der Waals surface area contributed by atoms with E-state index in [-0.39, 0.29) is 38.4 Å². The monoisotopic (exact) mass is 414 g/mol. The van der Waals surface area contributed by atoms with E-state index in [4.69, 9.17) is 9.47 Å². The molecule has 1 spiro atoms. The fourth-order valence-corrected chi connectivity index (χ4v) is 3.73. The summed E-state index contributed by atoms with van der Waals surface area (Å²) in [5.41, 5.74) is -0.512. The van der Waals surface area contributed by atoms with E-state index in [9.17, 15) is 19.2 Å². The van der Waals surface area contributed by atoms with Gasteiger partial charge in [0.05, 0.1) is 13.2 Å².